The van der Waals surface area contributed by atoms with E-state index in [2.05, 4.69) is 109 Å². The number of halogens is 1. The third kappa shape index (κ3) is 10.9. The Balaban J connectivity index is 1.13. The van der Waals surface area contributed by atoms with Crippen LogP contribution in [0.25, 0.3) is 40.8 Å². The summed E-state index contributed by atoms with van der Waals surface area (Å²) in [6, 6.07) is 24.0. The Morgan fingerprint density at radius 2 is 0.902 bits per heavy atom. The summed E-state index contributed by atoms with van der Waals surface area (Å²) in [5.41, 5.74) is 2.19. The van der Waals surface area contributed by atoms with Gasteiger partial charge in [-0.2, -0.15) is 0 Å². The molecule has 268 valence electrons. The summed E-state index contributed by atoms with van der Waals surface area (Å²) in [5.74, 6) is 7.17. The fourth-order valence-corrected chi connectivity index (χ4v) is 13.1. The van der Waals surface area contributed by atoms with Gasteiger partial charge in [-0.1, -0.05) is 0 Å². The number of fused-ring (bicyclic) bond motifs is 4. The number of unbranched alkanes of at least 4 members (excludes halogenated alkanes) is 14. The van der Waals surface area contributed by atoms with Crippen LogP contribution in [-0.4, -0.2) is 35.3 Å². The summed E-state index contributed by atoms with van der Waals surface area (Å²) >= 11 is 6.62. The Morgan fingerprint density at radius 1 is 0.471 bits per heavy atom. The predicted octanol–water partition coefficient (Wildman–Crippen LogP) is 14.7. The normalized spacial score (nSPS) is 11.7. The van der Waals surface area contributed by atoms with Crippen LogP contribution >= 0.6 is 27.7 Å². The number of hydrogen-bond acceptors (Lipinski definition) is 1. The SMILES string of the molecule is CCCCCCCCCCc1cc2cc3cc(C#Cc4cc5cc6cc(CCCCCCCCCC)[se]c6cc5cc4SC)c(Br)cc3cc2[se]1. The van der Waals surface area contributed by atoms with Gasteiger partial charge in [0.25, 0.3) is 0 Å². The summed E-state index contributed by atoms with van der Waals surface area (Å²) in [7, 11) is 0. The van der Waals surface area contributed by atoms with Gasteiger partial charge in [-0.25, -0.2) is 0 Å². The van der Waals surface area contributed by atoms with Gasteiger partial charge in [0.15, 0.2) is 0 Å². The quantitative estimate of drug-likeness (QED) is 0.0338. The second-order valence-electron chi connectivity index (χ2n) is 14.5. The van der Waals surface area contributed by atoms with Crippen LogP contribution in [0.4, 0.5) is 0 Å². The molecule has 0 fully saturated rings. The summed E-state index contributed by atoms with van der Waals surface area (Å²) in [6.45, 7) is 4.60. The molecule has 0 bridgehead atoms. The predicted molar refractivity (Wildman–Crippen MR) is 235 cm³/mol. The molecule has 6 rings (SSSR count). The molecule has 2 aromatic heterocycles. The van der Waals surface area contributed by atoms with Gasteiger partial charge in [0, 0.05) is 0 Å². The standard InChI is InChI=1S/C47H55BrSSe2/c1-4-6-8-10-12-14-16-18-20-42-28-40-26-36-24-34(44(48)30-38(36)32-46(40)50-42)22-23-35-25-37-27-41-29-43(21-19-17-15-13-11-9-7-5-2)51-47(41)33-39(37)31-45(35)49-3/h24-33H,4-21H2,1-3H3. The average molecular weight is 890 g/mol. The zero-order valence-electron chi connectivity index (χ0n) is 31.1. The molecule has 0 atom stereocenters. The number of rotatable bonds is 19. The molecule has 6 aromatic rings. The molecule has 0 spiro atoms. The zero-order valence-corrected chi connectivity index (χ0v) is 36.9. The Bertz CT molecular complexity index is 2110. The van der Waals surface area contributed by atoms with Crippen LogP contribution in [0.5, 0.6) is 0 Å². The molecule has 0 aliphatic rings. The maximum atomic E-state index is 3.89. The molecule has 0 unspecified atom stereocenters. The minimum atomic E-state index is 0.464. The van der Waals surface area contributed by atoms with Crippen molar-refractivity contribution in [2.75, 3.05) is 6.26 Å². The van der Waals surface area contributed by atoms with E-state index in [-0.39, 0.29) is 0 Å². The van der Waals surface area contributed by atoms with E-state index in [1.54, 1.807) is 29.2 Å². The van der Waals surface area contributed by atoms with Crippen LogP contribution in [-0.2, 0) is 12.8 Å². The summed E-state index contributed by atoms with van der Waals surface area (Å²) in [6.07, 6.45) is 26.9. The molecule has 0 nitrogen and oxygen atoms in total. The third-order valence-corrected chi connectivity index (χ3v) is 16.6. The summed E-state index contributed by atoms with van der Waals surface area (Å²) < 4.78 is 7.52. The Hall–Kier alpha value is -1.69. The molecule has 0 aliphatic heterocycles. The molecule has 0 radical (unpaired) electrons. The van der Waals surface area contributed by atoms with Crippen LogP contribution in [0.15, 0.2) is 70.0 Å². The zero-order chi connectivity index (χ0) is 35.4. The monoisotopic (exact) mass is 890 g/mol. The first-order chi connectivity index (χ1) is 25.0. The number of hydrogen-bond donors (Lipinski definition) is 0. The van der Waals surface area contributed by atoms with E-state index < -0.39 is 0 Å². The third-order valence-electron chi connectivity index (χ3n) is 10.3. The van der Waals surface area contributed by atoms with Crippen LogP contribution in [0.3, 0.4) is 0 Å². The topological polar surface area (TPSA) is 0 Å². The molecule has 2 heterocycles. The van der Waals surface area contributed by atoms with Crippen molar-refractivity contribution < 1.29 is 0 Å². The van der Waals surface area contributed by atoms with Crippen molar-refractivity contribution in [2.45, 2.75) is 134 Å². The molecular weight excluding hydrogens is 834 g/mol. The number of thioether (sulfide) groups is 1. The average Bonchev–Trinajstić information content (AvgIpc) is 3.72. The van der Waals surface area contributed by atoms with Crippen molar-refractivity contribution in [3.63, 3.8) is 0 Å². The van der Waals surface area contributed by atoms with E-state index in [0.29, 0.717) is 29.0 Å². The van der Waals surface area contributed by atoms with Gasteiger partial charge in [-0.05, 0) is 0 Å². The van der Waals surface area contributed by atoms with Crippen molar-refractivity contribution >= 4 is 97.5 Å². The first-order valence-electron chi connectivity index (χ1n) is 19.8. The van der Waals surface area contributed by atoms with Gasteiger partial charge >= 0.3 is 335 Å². The first kappa shape index (κ1) is 39.0. The summed E-state index contributed by atoms with van der Waals surface area (Å²) in [5, 5.41) is 8.13. The van der Waals surface area contributed by atoms with E-state index in [1.165, 1.54) is 153 Å². The van der Waals surface area contributed by atoms with Crippen molar-refractivity contribution in [2.24, 2.45) is 0 Å². The molecule has 4 heteroatoms. The summed E-state index contributed by atoms with van der Waals surface area (Å²) in [4.78, 5) is 1.26. The van der Waals surface area contributed by atoms with Gasteiger partial charge < -0.3 is 0 Å². The van der Waals surface area contributed by atoms with Crippen LogP contribution in [0.2, 0.25) is 0 Å². The van der Waals surface area contributed by atoms with Crippen molar-refractivity contribution in [1.29, 1.82) is 0 Å². The second-order valence-corrected chi connectivity index (χ2v) is 21.1. The molecule has 51 heavy (non-hydrogen) atoms. The van der Waals surface area contributed by atoms with E-state index in [0.717, 1.165) is 15.6 Å². The first-order valence-corrected chi connectivity index (χ1v) is 25.2. The van der Waals surface area contributed by atoms with Crippen LogP contribution < -0.4 is 0 Å². The van der Waals surface area contributed by atoms with Crippen molar-refractivity contribution in [3.05, 3.63) is 85.1 Å². The Morgan fingerprint density at radius 3 is 1.41 bits per heavy atom. The van der Waals surface area contributed by atoms with E-state index in [4.69, 9.17) is 0 Å². The second kappa shape index (κ2) is 20.1. The fourth-order valence-electron chi connectivity index (χ4n) is 7.34. The molecule has 0 N–H and O–H groups in total. The minimum absolute atomic E-state index is 0.464. The Kier molecular flexibility index (Phi) is 15.4. The van der Waals surface area contributed by atoms with Crippen LogP contribution in [0.1, 0.15) is 137 Å². The van der Waals surface area contributed by atoms with Crippen LogP contribution in [0, 0.1) is 11.8 Å². The molecule has 4 aromatic carbocycles. The van der Waals surface area contributed by atoms with Gasteiger partial charge in [-0.3, -0.25) is 0 Å². The maximum absolute atomic E-state index is 3.89. The van der Waals surface area contributed by atoms with Crippen molar-refractivity contribution in [3.8, 4) is 11.8 Å². The Labute approximate surface area is 332 Å². The van der Waals surface area contributed by atoms with E-state index in [9.17, 15) is 0 Å². The molecular formula is C47H55BrSSe2. The van der Waals surface area contributed by atoms with Gasteiger partial charge in [-0.15, -0.1) is 0 Å². The molecule has 0 amide bonds. The number of benzene rings is 4. The van der Waals surface area contributed by atoms with Crippen molar-refractivity contribution in [1.82, 2.24) is 0 Å². The molecule has 0 saturated carbocycles. The van der Waals surface area contributed by atoms with Gasteiger partial charge in [0.05, 0.1) is 0 Å². The van der Waals surface area contributed by atoms with Gasteiger partial charge in [0.1, 0.15) is 0 Å². The number of aryl methyl sites for hydroxylation is 2. The van der Waals surface area contributed by atoms with Gasteiger partial charge in [0.2, 0.25) is 0 Å². The molecule has 0 aliphatic carbocycles. The fraction of sp³-hybridized carbons (Fsp3) is 0.447. The molecule has 0 saturated heterocycles. The van der Waals surface area contributed by atoms with E-state index >= 15 is 0 Å². The van der Waals surface area contributed by atoms with E-state index in [1.807, 2.05) is 0 Å².